The van der Waals surface area contributed by atoms with Crippen LogP contribution in [0.3, 0.4) is 0 Å². The summed E-state index contributed by atoms with van der Waals surface area (Å²) >= 11 is 0. The molecule has 1 fully saturated rings. The minimum absolute atomic E-state index is 0.161. The summed E-state index contributed by atoms with van der Waals surface area (Å²) in [6, 6.07) is 8.55. The monoisotopic (exact) mass is 272 g/mol. The number of hydrazine groups is 1. The molecule has 0 spiro atoms. The molecule has 3 rings (SSSR count). The predicted octanol–water partition coefficient (Wildman–Crippen LogP) is 2.90. The van der Waals surface area contributed by atoms with Gasteiger partial charge in [0.15, 0.2) is 0 Å². The third-order valence-electron chi connectivity index (χ3n) is 4.79. The summed E-state index contributed by atoms with van der Waals surface area (Å²) in [5.41, 5.74) is 5.31. The number of aromatic nitrogens is 2. The molecule has 1 atom stereocenters. The van der Waals surface area contributed by atoms with Gasteiger partial charge in [0.25, 0.3) is 0 Å². The highest BCUT2D eigenvalue weighted by molar-refractivity contribution is 5.82. The van der Waals surface area contributed by atoms with Crippen molar-refractivity contribution in [1.29, 1.82) is 0 Å². The number of hydrogen-bond donors (Lipinski definition) is 2. The zero-order chi connectivity index (χ0) is 14.1. The Morgan fingerprint density at radius 3 is 2.65 bits per heavy atom. The molecule has 1 heterocycles. The van der Waals surface area contributed by atoms with Crippen molar-refractivity contribution in [3.05, 3.63) is 30.0 Å². The maximum absolute atomic E-state index is 5.87. The molecule has 0 bridgehead atoms. The van der Waals surface area contributed by atoms with Crippen molar-refractivity contribution < 1.29 is 0 Å². The van der Waals surface area contributed by atoms with Crippen LogP contribution in [0.1, 0.15) is 44.3 Å². The second-order valence-corrected chi connectivity index (χ2v) is 6.19. The van der Waals surface area contributed by atoms with E-state index in [2.05, 4.69) is 36.6 Å². The Morgan fingerprint density at radius 2 is 1.95 bits per heavy atom. The fourth-order valence-electron chi connectivity index (χ4n) is 3.53. The molecule has 2 aromatic rings. The lowest BCUT2D eigenvalue weighted by atomic mass is 9.78. The molecule has 3 N–H and O–H groups in total. The van der Waals surface area contributed by atoms with Crippen molar-refractivity contribution in [1.82, 2.24) is 15.2 Å². The summed E-state index contributed by atoms with van der Waals surface area (Å²) in [6.45, 7) is 2.34. The van der Waals surface area contributed by atoms with E-state index in [0.29, 0.717) is 5.92 Å². The van der Waals surface area contributed by atoms with Crippen LogP contribution in [0.5, 0.6) is 0 Å². The highest BCUT2D eigenvalue weighted by Crippen LogP contribution is 2.37. The maximum atomic E-state index is 5.87. The van der Waals surface area contributed by atoms with Gasteiger partial charge < -0.3 is 0 Å². The van der Waals surface area contributed by atoms with E-state index in [9.17, 15) is 0 Å². The Balaban J connectivity index is 1.95. The van der Waals surface area contributed by atoms with Crippen LogP contribution in [0.4, 0.5) is 0 Å². The summed E-state index contributed by atoms with van der Waals surface area (Å²) in [6.07, 6.45) is 5.07. The Hall–Kier alpha value is -1.39. The molecule has 1 aliphatic carbocycles. The van der Waals surface area contributed by atoms with E-state index < -0.39 is 0 Å². The fraction of sp³-hybridized carbons (Fsp3) is 0.562. The smallest absolute Gasteiger partial charge is 0.0888 e. The summed E-state index contributed by atoms with van der Waals surface area (Å²) in [5.74, 6) is 7.32. The van der Waals surface area contributed by atoms with Gasteiger partial charge in [-0.05, 0) is 30.7 Å². The molecule has 1 saturated carbocycles. The van der Waals surface area contributed by atoms with E-state index in [0.717, 1.165) is 11.6 Å². The van der Waals surface area contributed by atoms with Crippen LogP contribution in [0.15, 0.2) is 24.3 Å². The molecule has 1 unspecified atom stereocenters. The lowest BCUT2D eigenvalue weighted by Crippen LogP contribution is -2.35. The van der Waals surface area contributed by atoms with Gasteiger partial charge in [0, 0.05) is 12.4 Å². The van der Waals surface area contributed by atoms with Crippen molar-refractivity contribution in [2.45, 2.75) is 38.6 Å². The predicted molar refractivity (Wildman–Crippen MR) is 81.9 cm³/mol. The zero-order valence-electron chi connectivity index (χ0n) is 12.3. The van der Waals surface area contributed by atoms with Crippen molar-refractivity contribution in [3.63, 3.8) is 0 Å². The molecule has 0 radical (unpaired) electrons. The SMILES string of the molecule is CC1CCC(C(NN)c2nn(C)c3ccccc23)CC1. The van der Waals surface area contributed by atoms with Crippen LogP contribution in [-0.2, 0) is 7.05 Å². The van der Waals surface area contributed by atoms with E-state index in [-0.39, 0.29) is 6.04 Å². The first-order valence-corrected chi connectivity index (χ1v) is 7.58. The van der Waals surface area contributed by atoms with Gasteiger partial charge in [-0.1, -0.05) is 38.0 Å². The lowest BCUT2D eigenvalue weighted by molar-refractivity contribution is 0.230. The van der Waals surface area contributed by atoms with Crippen LogP contribution in [0.2, 0.25) is 0 Å². The average molecular weight is 272 g/mol. The summed E-state index contributed by atoms with van der Waals surface area (Å²) in [4.78, 5) is 0. The number of nitrogens with two attached hydrogens (primary N) is 1. The lowest BCUT2D eigenvalue weighted by Gasteiger charge is -2.31. The van der Waals surface area contributed by atoms with E-state index in [4.69, 9.17) is 10.9 Å². The number of para-hydroxylation sites is 1. The topological polar surface area (TPSA) is 55.9 Å². The van der Waals surface area contributed by atoms with Gasteiger partial charge in [0.2, 0.25) is 0 Å². The third-order valence-corrected chi connectivity index (χ3v) is 4.79. The zero-order valence-corrected chi connectivity index (χ0v) is 12.3. The largest absolute Gasteiger partial charge is 0.271 e. The quantitative estimate of drug-likeness (QED) is 0.667. The number of fused-ring (bicyclic) bond motifs is 1. The Labute approximate surface area is 120 Å². The molecule has 1 aromatic carbocycles. The highest BCUT2D eigenvalue weighted by Gasteiger charge is 2.29. The molecular weight excluding hydrogens is 248 g/mol. The molecule has 108 valence electrons. The molecular formula is C16H24N4. The fourth-order valence-corrected chi connectivity index (χ4v) is 3.53. The standard InChI is InChI=1S/C16H24N4/c1-11-7-9-12(10-8-11)15(18-17)16-13-5-3-4-6-14(13)20(2)19-16/h3-6,11-12,15,18H,7-10,17H2,1-2H3. The maximum Gasteiger partial charge on any atom is 0.0888 e. The second-order valence-electron chi connectivity index (χ2n) is 6.19. The van der Waals surface area contributed by atoms with Crippen LogP contribution < -0.4 is 11.3 Å². The molecule has 0 saturated heterocycles. The molecule has 4 heteroatoms. The van der Waals surface area contributed by atoms with Gasteiger partial charge in [0.1, 0.15) is 0 Å². The number of hydrogen-bond acceptors (Lipinski definition) is 3. The molecule has 1 aromatic heterocycles. The van der Waals surface area contributed by atoms with Crippen molar-refractivity contribution in [2.75, 3.05) is 0 Å². The van der Waals surface area contributed by atoms with Crippen molar-refractivity contribution >= 4 is 10.9 Å². The third kappa shape index (κ3) is 2.34. The number of benzene rings is 1. The van der Waals surface area contributed by atoms with Crippen molar-refractivity contribution in [3.8, 4) is 0 Å². The van der Waals surface area contributed by atoms with E-state index in [1.165, 1.54) is 36.6 Å². The molecule has 1 aliphatic rings. The van der Waals surface area contributed by atoms with Gasteiger partial charge in [0.05, 0.1) is 17.3 Å². The normalized spacial score (nSPS) is 24.9. The van der Waals surface area contributed by atoms with Crippen LogP contribution >= 0.6 is 0 Å². The summed E-state index contributed by atoms with van der Waals surface area (Å²) in [7, 11) is 2.00. The summed E-state index contributed by atoms with van der Waals surface area (Å²) in [5, 5.41) is 5.95. The van der Waals surface area contributed by atoms with E-state index in [1.54, 1.807) is 0 Å². The molecule has 0 amide bonds. The van der Waals surface area contributed by atoms with Gasteiger partial charge in [-0.25, -0.2) is 0 Å². The first-order chi connectivity index (χ1) is 9.70. The van der Waals surface area contributed by atoms with Crippen LogP contribution in [0, 0.1) is 11.8 Å². The van der Waals surface area contributed by atoms with Gasteiger partial charge in [-0.2, -0.15) is 5.10 Å². The minimum Gasteiger partial charge on any atom is -0.271 e. The van der Waals surface area contributed by atoms with E-state index in [1.807, 2.05) is 11.7 Å². The second kappa shape index (κ2) is 5.54. The van der Waals surface area contributed by atoms with Crippen LogP contribution in [-0.4, -0.2) is 9.78 Å². The first-order valence-electron chi connectivity index (χ1n) is 7.58. The van der Waals surface area contributed by atoms with Gasteiger partial charge >= 0.3 is 0 Å². The number of rotatable bonds is 3. The molecule has 20 heavy (non-hydrogen) atoms. The highest BCUT2D eigenvalue weighted by atomic mass is 15.3. The van der Waals surface area contributed by atoms with Crippen LogP contribution in [0.25, 0.3) is 10.9 Å². The number of aryl methyl sites for hydroxylation is 1. The van der Waals surface area contributed by atoms with Gasteiger partial charge in [-0.3, -0.25) is 16.0 Å². The van der Waals surface area contributed by atoms with Gasteiger partial charge in [-0.15, -0.1) is 0 Å². The molecule has 4 nitrogen and oxygen atoms in total. The Bertz CT molecular complexity index is 581. The molecule has 0 aliphatic heterocycles. The van der Waals surface area contributed by atoms with Crippen molar-refractivity contribution in [2.24, 2.45) is 24.7 Å². The summed E-state index contributed by atoms with van der Waals surface area (Å²) < 4.78 is 1.96. The Kier molecular flexibility index (Phi) is 3.76. The average Bonchev–Trinajstić information content (AvgIpc) is 2.80. The first kappa shape index (κ1) is 13.6. The van der Waals surface area contributed by atoms with E-state index >= 15 is 0 Å². The number of nitrogens with zero attached hydrogens (tertiary/aromatic N) is 2. The minimum atomic E-state index is 0.161. The number of nitrogens with one attached hydrogen (secondary N) is 1. The Morgan fingerprint density at radius 1 is 1.25 bits per heavy atom.